The van der Waals surface area contributed by atoms with E-state index in [2.05, 4.69) is 40.9 Å². The number of nitrogens with one attached hydrogen (secondary N) is 2. The Balaban J connectivity index is 0.00000261. The second-order valence-electron chi connectivity index (χ2n) is 7.72. The van der Waals surface area contributed by atoms with E-state index in [9.17, 15) is 4.79 Å². The summed E-state index contributed by atoms with van der Waals surface area (Å²) >= 11 is 6.06. The van der Waals surface area contributed by atoms with Gasteiger partial charge in [0.15, 0.2) is 5.69 Å². The first-order valence-electron chi connectivity index (χ1n) is 9.08. The van der Waals surface area contributed by atoms with Crippen molar-refractivity contribution < 1.29 is 4.79 Å². The lowest BCUT2D eigenvalue weighted by atomic mass is 9.85. The van der Waals surface area contributed by atoms with Crippen molar-refractivity contribution >= 4 is 29.9 Å². The second kappa shape index (κ2) is 9.53. The summed E-state index contributed by atoms with van der Waals surface area (Å²) in [6.07, 6.45) is 4.61. The van der Waals surface area contributed by atoms with Gasteiger partial charge >= 0.3 is 0 Å². The van der Waals surface area contributed by atoms with Crippen molar-refractivity contribution in [3.63, 3.8) is 0 Å². The molecule has 0 saturated carbocycles. The van der Waals surface area contributed by atoms with Crippen LogP contribution in [0.3, 0.4) is 0 Å². The van der Waals surface area contributed by atoms with Gasteiger partial charge in [0, 0.05) is 11.6 Å². The fourth-order valence-electron chi connectivity index (χ4n) is 3.30. The van der Waals surface area contributed by atoms with Crippen LogP contribution in [-0.4, -0.2) is 40.5 Å². The maximum absolute atomic E-state index is 12.4. The van der Waals surface area contributed by atoms with E-state index in [1.54, 1.807) is 6.20 Å². The summed E-state index contributed by atoms with van der Waals surface area (Å²) in [7, 11) is 0. The number of benzene rings is 1. The molecule has 27 heavy (non-hydrogen) atoms. The lowest BCUT2D eigenvalue weighted by molar-refractivity contribution is 0.0931. The van der Waals surface area contributed by atoms with Gasteiger partial charge in [-0.2, -0.15) is 0 Å². The van der Waals surface area contributed by atoms with Crippen LogP contribution in [0.25, 0.3) is 0 Å². The van der Waals surface area contributed by atoms with Gasteiger partial charge in [0.2, 0.25) is 0 Å². The SMILES string of the molecule is CC(C)(CNC(=O)c1cn(C2CCNCC2)nn1)Cc1cccc(Cl)c1.Cl. The summed E-state index contributed by atoms with van der Waals surface area (Å²) in [5.74, 6) is -0.177. The Labute approximate surface area is 171 Å². The Hall–Kier alpha value is -1.63. The summed E-state index contributed by atoms with van der Waals surface area (Å²) in [6, 6.07) is 8.16. The van der Waals surface area contributed by atoms with Crippen LogP contribution in [-0.2, 0) is 6.42 Å². The zero-order valence-electron chi connectivity index (χ0n) is 15.7. The number of hydrogen-bond acceptors (Lipinski definition) is 4. The molecule has 1 fully saturated rings. The van der Waals surface area contributed by atoms with Gasteiger partial charge < -0.3 is 10.6 Å². The van der Waals surface area contributed by atoms with Crippen molar-refractivity contribution in [2.75, 3.05) is 19.6 Å². The van der Waals surface area contributed by atoms with E-state index in [0.29, 0.717) is 18.3 Å². The third-order valence-electron chi connectivity index (χ3n) is 4.72. The molecule has 148 valence electrons. The monoisotopic (exact) mass is 411 g/mol. The molecule has 0 aliphatic carbocycles. The number of hydrogen-bond donors (Lipinski definition) is 2. The van der Waals surface area contributed by atoms with Crippen LogP contribution < -0.4 is 10.6 Å². The van der Waals surface area contributed by atoms with E-state index in [1.165, 1.54) is 0 Å². The van der Waals surface area contributed by atoms with Gasteiger partial charge in [-0.1, -0.05) is 42.8 Å². The Morgan fingerprint density at radius 2 is 2.11 bits per heavy atom. The highest BCUT2D eigenvalue weighted by Gasteiger charge is 2.22. The molecule has 8 heteroatoms. The number of nitrogens with zero attached hydrogens (tertiary/aromatic N) is 3. The van der Waals surface area contributed by atoms with Gasteiger partial charge in [-0.25, -0.2) is 4.68 Å². The fraction of sp³-hybridized carbons (Fsp3) is 0.526. The van der Waals surface area contributed by atoms with E-state index in [1.807, 2.05) is 22.9 Å². The van der Waals surface area contributed by atoms with E-state index in [0.717, 1.165) is 42.9 Å². The van der Waals surface area contributed by atoms with Crippen molar-refractivity contribution in [1.29, 1.82) is 0 Å². The molecule has 2 N–H and O–H groups in total. The third kappa shape index (κ3) is 6.19. The van der Waals surface area contributed by atoms with Crippen molar-refractivity contribution in [2.24, 2.45) is 5.41 Å². The molecule has 2 heterocycles. The fourth-order valence-corrected chi connectivity index (χ4v) is 3.52. The third-order valence-corrected chi connectivity index (χ3v) is 4.96. The molecule has 0 unspecified atom stereocenters. The van der Waals surface area contributed by atoms with Crippen LogP contribution in [0.15, 0.2) is 30.5 Å². The standard InChI is InChI=1S/C19H26ClN5O.ClH/c1-19(2,11-14-4-3-5-15(20)10-14)13-22-18(26)17-12-25(24-23-17)16-6-8-21-9-7-16;/h3-5,10,12,16,21H,6-9,11,13H2,1-2H3,(H,22,26);1H. The van der Waals surface area contributed by atoms with Gasteiger partial charge in [0.05, 0.1) is 12.2 Å². The molecule has 1 aliphatic rings. The molecule has 0 bridgehead atoms. The smallest absolute Gasteiger partial charge is 0.273 e. The minimum Gasteiger partial charge on any atom is -0.350 e. The second-order valence-corrected chi connectivity index (χ2v) is 8.15. The lowest BCUT2D eigenvalue weighted by Gasteiger charge is -2.25. The number of rotatable bonds is 6. The highest BCUT2D eigenvalue weighted by molar-refractivity contribution is 6.30. The topological polar surface area (TPSA) is 71.8 Å². The lowest BCUT2D eigenvalue weighted by Crippen LogP contribution is -2.35. The summed E-state index contributed by atoms with van der Waals surface area (Å²) in [5.41, 5.74) is 1.45. The molecule has 2 aromatic rings. The predicted molar refractivity (Wildman–Crippen MR) is 110 cm³/mol. The highest BCUT2D eigenvalue weighted by Crippen LogP contribution is 2.23. The number of carbonyl (C=O) groups excluding carboxylic acids is 1. The van der Waals surface area contributed by atoms with Crippen LogP contribution in [0.5, 0.6) is 0 Å². The van der Waals surface area contributed by atoms with Crippen LogP contribution >= 0.6 is 24.0 Å². The van der Waals surface area contributed by atoms with Gasteiger partial charge in [0.25, 0.3) is 5.91 Å². The molecule has 1 saturated heterocycles. The van der Waals surface area contributed by atoms with Crippen LogP contribution in [0.2, 0.25) is 5.02 Å². The predicted octanol–water partition coefficient (Wildman–Crippen LogP) is 3.28. The van der Waals surface area contributed by atoms with Gasteiger partial charge in [-0.05, 0) is 55.5 Å². The molecule has 1 aliphatic heterocycles. The van der Waals surface area contributed by atoms with Crippen LogP contribution in [0.4, 0.5) is 0 Å². The molecule has 0 atom stereocenters. The highest BCUT2D eigenvalue weighted by atomic mass is 35.5. The summed E-state index contributed by atoms with van der Waals surface area (Å²) < 4.78 is 1.83. The summed E-state index contributed by atoms with van der Waals surface area (Å²) in [6.45, 7) is 6.76. The van der Waals surface area contributed by atoms with Crippen molar-refractivity contribution in [3.05, 3.63) is 46.7 Å². The first-order chi connectivity index (χ1) is 12.4. The Kier molecular flexibility index (Phi) is 7.65. The molecule has 3 rings (SSSR count). The normalized spacial score (nSPS) is 15.2. The minimum absolute atomic E-state index is 0. The van der Waals surface area contributed by atoms with E-state index < -0.39 is 0 Å². The number of halogens is 2. The zero-order chi connectivity index (χ0) is 18.6. The molecule has 1 amide bonds. The Morgan fingerprint density at radius 1 is 1.37 bits per heavy atom. The minimum atomic E-state index is -0.177. The number of amides is 1. The van der Waals surface area contributed by atoms with Crippen molar-refractivity contribution in [3.8, 4) is 0 Å². The number of carbonyl (C=O) groups is 1. The van der Waals surface area contributed by atoms with E-state index in [4.69, 9.17) is 11.6 Å². The maximum atomic E-state index is 12.4. The first kappa shape index (κ1) is 21.7. The van der Waals surface area contributed by atoms with Crippen molar-refractivity contribution in [2.45, 2.75) is 39.2 Å². The molecular weight excluding hydrogens is 385 g/mol. The molecule has 0 spiro atoms. The van der Waals surface area contributed by atoms with Crippen LogP contribution in [0.1, 0.15) is 48.8 Å². The average molecular weight is 412 g/mol. The van der Waals surface area contributed by atoms with E-state index >= 15 is 0 Å². The first-order valence-corrected chi connectivity index (χ1v) is 9.46. The molecule has 1 aromatic carbocycles. The molecule has 0 radical (unpaired) electrons. The maximum Gasteiger partial charge on any atom is 0.273 e. The van der Waals surface area contributed by atoms with Gasteiger partial charge in [-0.15, -0.1) is 17.5 Å². The average Bonchev–Trinajstić information content (AvgIpc) is 3.10. The van der Waals surface area contributed by atoms with E-state index in [-0.39, 0.29) is 23.7 Å². The van der Waals surface area contributed by atoms with Crippen molar-refractivity contribution in [1.82, 2.24) is 25.6 Å². The molecule has 1 aromatic heterocycles. The number of aromatic nitrogens is 3. The summed E-state index contributed by atoms with van der Waals surface area (Å²) in [5, 5.41) is 15.2. The van der Waals surface area contributed by atoms with Crippen LogP contribution in [0, 0.1) is 5.41 Å². The molecular formula is C19H27Cl2N5O. The summed E-state index contributed by atoms with van der Waals surface area (Å²) in [4.78, 5) is 12.4. The Bertz CT molecular complexity index is 756. The largest absolute Gasteiger partial charge is 0.350 e. The number of piperidine rings is 1. The van der Waals surface area contributed by atoms with Gasteiger partial charge in [0.1, 0.15) is 0 Å². The zero-order valence-corrected chi connectivity index (χ0v) is 17.3. The van der Waals surface area contributed by atoms with Gasteiger partial charge in [-0.3, -0.25) is 4.79 Å². The molecule has 6 nitrogen and oxygen atoms in total. The Morgan fingerprint density at radius 3 is 2.81 bits per heavy atom. The quantitative estimate of drug-likeness (QED) is 0.764.